The van der Waals surface area contributed by atoms with Gasteiger partial charge in [0.1, 0.15) is 5.03 Å². The van der Waals surface area contributed by atoms with Crippen molar-refractivity contribution in [2.75, 3.05) is 0 Å². The smallest absolute Gasteiger partial charge is 0.105 e. The van der Waals surface area contributed by atoms with Gasteiger partial charge in [0.25, 0.3) is 0 Å². The molecule has 2 N–H and O–H groups in total. The van der Waals surface area contributed by atoms with Gasteiger partial charge in [-0.1, -0.05) is 17.8 Å². The molecule has 0 fully saturated rings. The second-order valence-electron chi connectivity index (χ2n) is 2.96. The van der Waals surface area contributed by atoms with E-state index in [0.29, 0.717) is 6.54 Å². The van der Waals surface area contributed by atoms with E-state index < -0.39 is 0 Å². The Hall–Kier alpha value is -1.39. The summed E-state index contributed by atoms with van der Waals surface area (Å²) >= 11 is 1.61. The predicted molar refractivity (Wildman–Crippen MR) is 60.5 cm³/mol. The van der Waals surface area contributed by atoms with Crippen molar-refractivity contribution in [1.29, 1.82) is 0 Å². The fourth-order valence-electron chi connectivity index (χ4n) is 1.19. The first-order chi connectivity index (χ1) is 7.40. The highest BCUT2D eigenvalue weighted by Crippen LogP contribution is 2.27. The first-order valence-corrected chi connectivity index (χ1v) is 5.43. The predicted octanol–water partition coefficient (Wildman–Crippen LogP) is 2.09. The van der Waals surface area contributed by atoms with E-state index in [-0.39, 0.29) is 0 Å². The highest BCUT2D eigenvalue weighted by molar-refractivity contribution is 7.99. The SMILES string of the molecule is NCc1cccnc1Sc1ccncc1. The molecule has 0 aromatic carbocycles. The van der Waals surface area contributed by atoms with E-state index in [0.717, 1.165) is 15.5 Å². The van der Waals surface area contributed by atoms with E-state index in [4.69, 9.17) is 5.73 Å². The van der Waals surface area contributed by atoms with Crippen LogP contribution in [-0.4, -0.2) is 9.97 Å². The van der Waals surface area contributed by atoms with Crippen LogP contribution in [0.2, 0.25) is 0 Å². The molecule has 76 valence electrons. The molecule has 0 saturated heterocycles. The van der Waals surface area contributed by atoms with Crippen LogP contribution in [-0.2, 0) is 6.54 Å². The van der Waals surface area contributed by atoms with Crippen molar-refractivity contribution in [3.63, 3.8) is 0 Å². The largest absolute Gasteiger partial charge is 0.326 e. The zero-order chi connectivity index (χ0) is 10.5. The summed E-state index contributed by atoms with van der Waals surface area (Å²) in [5.74, 6) is 0. The molecule has 0 amide bonds. The highest BCUT2D eigenvalue weighted by Gasteiger charge is 2.03. The Morgan fingerprint density at radius 2 is 1.93 bits per heavy atom. The summed E-state index contributed by atoms with van der Waals surface area (Å²) in [7, 11) is 0. The zero-order valence-corrected chi connectivity index (χ0v) is 8.95. The van der Waals surface area contributed by atoms with Gasteiger partial charge in [-0.05, 0) is 23.8 Å². The molecule has 3 nitrogen and oxygen atoms in total. The monoisotopic (exact) mass is 217 g/mol. The van der Waals surface area contributed by atoms with Crippen LogP contribution in [0.3, 0.4) is 0 Å². The third kappa shape index (κ3) is 2.55. The van der Waals surface area contributed by atoms with Crippen LogP contribution in [0, 0.1) is 0 Å². The van der Waals surface area contributed by atoms with Crippen LogP contribution < -0.4 is 5.73 Å². The second-order valence-corrected chi connectivity index (χ2v) is 4.02. The number of hydrogen-bond acceptors (Lipinski definition) is 4. The molecular weight excluding hydrogens is 206 g/mol. The van der Waals surface area contributed by atoms with Crippen molar-refractivity contribution >= 4 is 11.8 Å². The first-order valence-electron chi connectivity index (χ1n) is 4.62. The molecular formula is C11H11N3S. The molecule has 0 bridgehead atoms. The molecule has 0 saturated carbocycles. The van der Waals surface area contributed by atoms with Crippen LogP contribution in [0.25, 0.3) is 0 Å². The number of pyridine rings is 2. The van der Waals surface area contributed by atoms with Crippen molar-refractivity contribution in [3.8, 4) is 0 Å². The standard InChI is InChI=1S/C11H11N3S/c12-8-9-2-1-5-14-11(9)15-10-3-6-13-7-4-10/h1-7H,8,12H2. The lowest BCUT2D eigenvalue weighted by molar-refractivity contribution is 0.963. The molecule has 0 aliphatic rings. The number of rotatable bonds is 3. The third-order valence-corrected chi connectivity index (χ3v) is 3.00. The van der Waals surface area contributed by atoms with Crippen LogP contribution in [0.4, 0.5) is 0 Å². The second kappa shape index (κ2) is 4.91. The Morgan fingerprint density at radius 1 is 1.13 bits per heavy atom. The van der Waals surface area contributed by atoms with E-state index in [1.807, 2.05) is 24.3 Å². The summed E-state index contributed by atoms with van der Waals surface area (Å²) in [5.41, 5.74) is 6.71. The van der Waals surface area contributed by atoms with Gasteiger partial charge in [-0.2, -0.15) is 0 Å². The summed E-state index contributed by atoms with van der Waals surface area (Å²) in [6.45, 7) is 0.515. The molecule has 0 aliphatic carbocycles. The van der Waals surface area contributed by atoms with Crippen LogP contribution in [0.5, 0.6) is 0 Å². The lowest BCUT2D eigenvalue weighted by atomic mass is 10.3. The Balaban J connectivity index is 2.24. The van der Waals surface area contributed by atoms with Crippen molar-refractivity contribution in [1.82, 2.24) is 9.97 Å². The average Bonchev–Trinajstić information content (AvgIpc) is 2.31. The molecule has 0 radical (unpaired) electrons. The highest BCUT2D eigenvalue weighted by atomic mass is 32.2. The van der Waals surface area contributed by atoms with Crippen molar-refractivity contribution in [2.24, 2.45) is 5.73 Å². The van der Waals surface area contributed by atoms with E-state index in [2.05, 4.69) is 9.97 Å². The molecule has 0 atom stereocenters. The summed E-state index contributed by atoms with van der Waals surface area (Å²) in [5, 5.41) is 0.964. The maximum Gasteiger partial charge on any atom is 0.105 e. The normalized spacial score (nSPS) is 10.2. The summed E-state index contributed by atoms with van der Waals surface area (Å²) < 4.78 is 0. The summed E-state index contributed by atoms with van der Waals surface area (Å²) in [6.07, 6.45) is 5.32. The quantitative estimate of drug-likeness (QED) is 0.855. The molecule has 4 heteroatoms. The summed E-state index contributed by atoms with van der Waals surface area (Å²) in [4.78, 5) is 9.40. The number of nitrogens with two attached hydrogens (primary N) is 1. The summed E-state index contributed by atoms with van der Waals surface area (Å²) in [6, 6.07) is 7.81. The molecule has 0 unspecified atom stereocenters. The van der Waals surface area contributed by atoms with E-state index in [9.17, 15) is 0 Å². The molecule has 0 aliphatic heterocycles. The van der Waals surface area contributed by atoms with Gasteiger partial charge < -0.3 is 5.73 Å². The maximum absolute atomic E-state index is 5.64. The molecule has 2 aromatic rings. The van der Waals surface area contributed by atoms with E-state index in [1.54, 1.807) is 30.4 Å². The molecule has 0 spiro atoms. The molecule has 2 aromatic heterocycles. The lowest BCUT2D eigenvalue weighted by Gasteiger charge is -2.04. The average molecular weight is 217 g/mol. The van der Waals surface area contributed by atoms with E-state index in [1.165, 1.54) is 0 Å². The lowest BCUT2D eigenvalue weighted by Crippen LogP contribution is -1.99. The fourth-order valence-corrected chi connectivity index (χ4v) is 2.07. The van der Waals surface area contributed by atoms with Gasteiger partial charge in [-0.25, -0.2) is 4.98 Å². The fraction of sp³-hybridized carbons (Fsp3) is 0.0909. The minimum Gasteiger partial charge on any atom is -0.326 e. The minimum absolute atomic E-state index is 0.515. The molecule has 2 heterocycles. The van der Waals surface area contributed by atoms with Gasteiger partial charge in [-0.3, -0.25) is 4.98 Å². The van der Waals surface area contributed by atoms with Gasteiger partial charge >= 0.3 is 0 Å². The van der Waals surface area contributed by atoms with Crippen molar-refractivity contribution < 1.29 is 0 Å². The van der Waals surface area contributed by atoms with Gasteiger partial charge in [-0.15, -0.1) is 0 Å². The molecule has 15 heavy (non-hydrogen) atoms. The third-order valence-electron chi connectivity index (χ3n) is 1.93. The minimum atomic E-state index is 0.515. The number of aromatic nitrogens is 2. The van der Waals surface area contributed by atoms with E-state index >= 15 is 0 Å². The Kier molecular flexibility index (Phi) is 3.32. The van der Waals surface area contributed by atoms with Gasteiger partial charge in [0.15, 0.2) is 0 Å². The Labute approximate surface area is 92.8 Å². The van der Waals surface area contributed by atoms with Gasteiger partial charge in [0.05, 0.1) is 0 Å². The van der Waals surface area contributed by atoms with Gasteiger partial charge in [0.2, 0.25) is 0 Å². The van der Waals surface area contributed by atoms with Crippen LogP contribution in [0.15, 0.2) is 52.8 Å². The number of nitrogens with zero attached hydrogens (tertiary/aromatic N) is 2. The zero-order valence-electron chi connectivity index (χ0n) is 8.13. The topological polar surface area (TPSA) is 51.8 Å². The van der Waals surface area contributed by atoms with Crippen LogP contribution in [0.1, 0.15) is 5.56 Å². The Bertz CT molecular complexity index is 431. The Morgan fingerprint density at radius 3 is 2.67 bits per heavy atom. The van der Waals surface area contributed by atoms with Crippen molar-refractivity contribution in [3.05, 3.63) is 48.4 Å². The maximum atomic E-state index is 5.64. The number of hydrogen-bond donors (Lipinski definition) is 1. The van der Waals surface area contributed by atoms with Crippen LogP contribution >= 0.6 is 11.8 Å². The molecule has 2 rings (SSSR count). The van der Waals surface area contributed by atoms with Crippen molar-refractivity contribution in [2.45, 2.75) is 16.5 Å². The van der Waals surface area contributed by atoms with Gasteiger partial charge in [0, 0.05) is 30.0 Å². The first kappa shape index (κ1) is 10.1.